The molecule has 9 heteroatoms. The Morgan fingerprint density at radius 2 is 1.96 bits per heavy atom. The van der Waals surface area contributed by atoms with E-state index in [0.717, 1.165) is 17.3 Å². The molecule has 1 aromatic carbocycles. The molecule has 1 saturated heterocycles. The number of benzene rings is 1. The zero-order valence-corrected chi connectivity index (χ0v) is 15.9. The molecule has 0 bridgehead atoms. The van der Waals surface area contributed by atoms with Gasteiger partial charge in [-0.25, -0.2) is 18.7 Å². The Balaban J connectivity index is 1.37. The maximum atomic E-state index is 14.4. The lowest BCUT2D eigenvalue weighted by Gasteiger charge is -2.32. The zero-order chi connectivity index (χ0) is 18.6. The first-order valence-electron chi connectivity index (χ1n) is 8.92. The average Bonchev–Trinajstić information content (AvgIpc) is 3.25. The number of alkyl halides is 1. The van der Waals surface area contributed by atoms with Gasteiger partial charge in [-0.15, -0.1) is 0 Å². The molecule has 1 aliphatic heterocycles. The van der Waals surface area contributed by atoms with Crippen LogP contribution in [0.3, 0.4) is 0 Å². The summed E-state index contributed by atoms with van der Waals surface area (Å²) in [7, 11) is 0. The number of piperidine rings is 1. The molecule has 0 unspecified atom stereocenters. The molecule has 2 aliphatic rings. The fraction of sp³-hybridized carbons (Fsp3) is 0.444. The minimum atomic E-state index is -1.41. The van der Waals surface area contributed by atoms with Crippen molar-refractivity contribution >= 4 is 32.7 Å². The Labute approximate surface area is 162 Å². The van der Waals surface area contributed by atoms with E-state index >= 15 is 0 Å². The third kappa shape index (κ3) is 2.88. The zero-order valence-electron chi connectivity index (χ0n) is 14.3. The van der Waals surface area contributed by atoms with Crippen molar-refractivity contribution in [1.29, 1.82) is 0 Å². The molecule has 5 rings (SSSR count). The van der Waals surface area contributed by atoms with Gasteiger partial charge in [0.05, 0.1) is 10.9 Å². The molecular weight excluding hydrogens is 420 g/mol. The second-order valence-electron chi connectivity index (χ2n) is 7.13. The van der Waals surface area contributed by atoms with E-state index in [1.54, 1.807) is 6.07 Å². The summed E-state index contributed by atoms with van der Waals surface area (Å²) in [5.74, 6) is 1.02. The van der Waals surface area contributed by atoms with Crippen LogP contribution in [0.15, 0.2) is 27.5 Å². The highest BCUT2D eigenvalue weighted by atomic mass is 79.9. The van der Waals surface area contributed by atoms with Crippen LogP contribution >= 0.6 is 15.9 Å². The largest absolute Gasteiger partial charge is 0.356 e. The summed E-state index contributed by atoms with van der Waals surface area (Å²) in [6.07, 6.45) is 3.89. The van der Waals surface area contributed by atoms with Gasteiger partial charge in [-0.1, -0.05) is 5.16 Å². The van der Waals surface area contributed by atoms with Crippen LogP contribution in [-0.4, -0.2) is 33.2 Å². The highest BCUT2D eigenvalue weighted by Gasteiger charge is 2.50. The van der Waals surface area contributed by atoms with Crippen LogP contribution in [-0.2, 0) is 5.67 Å². The average molecular weight is 436 g/mol. The van der Waals surface area contributed by atoms with Crippen LogP contribution in [0, 0.1) is 5.82 Å². The highest BCUT2D eigenvalue weighted by Crippen LogP contribution is 2.49. The number of hydrogen-bond donors (Lipinski definition) is 0. The van der Waals surface area contributed by atoms with E-state index < -0.39 is 5.67 Å². The lowest BCUT2D eigenvalue weighted by molar-refractivity contribution is 0.225. The van der Waals surface area contributed by atoms with Crippen molar-refractivity contribution in [3.63, 3.8) is 0 Å². The summed E-state index contributed by atoms with van der Waals surface area (Å²) in [4.78, 5) is 14.9. The number of anilines is 1. The minimum absolute atomic E-state index is 0.103. The Morgan fingerprint density at radius 1 is 1.19 bits per heavy atom. The lowest BCUT2D eigenvalue weighted by atomic mass is 9.96. The molecule has 0 atom stereocenters. The first-order chi connectivity index (χ1) is 13.0. The standard InChI is InChI=1S/C18H16BrF2N5O/c19-11-1-2-12(20)13-14(11)22-9-23-16(13)26-7-3-10(4-8-26)15-24-17(27-25-15)18(21)5-6-18/h1-2,9-10H,3-8H2. The highest BCUT2D eigenvalue weighted by molar-refractivity contribution is 9.10. The predicted molar refractivity (Wildman–Crippen MR) is 97.7 cm³/mol. The van der Waals surface area contributed by atoms with Gasteiger partial charge in [0, 0.05) is 23.5 Å². The van der Waals surface area contributed by atoms with Gasteiger partial charge in [0.1, 0.15) is 18.0 Å². The maximum absolute atomic E-state index is 14.4. The van der Waals surface area contributed by atoms with Gasteiger partial charge in [-0.05, 0) is 53.7 Å². The molecule has 0 N–H and O–H groups in total. The third-order valence-corrected chi connectivity index (χ3v) is 5.98. The Kier molecular flexibility index (Phi) is 3.89. The van der Waals surface area contributed by atoms with Crippen molar-refractivity contribution in [2.75, 3.05) is 18.0 Å². The molecule has 2 fully saturated rings. The van der Waals surface area contributed by atoms with Gasteiger partial charge >= 0.3 is 0 Å². The summed E-state index contributed by atoms with van der Waals surface area (Å²) in [6, 6.07) is 3.06. The third-order valence-electron chi connectivity index (χ3n) is 5.34. The quantitative estimate of drug-likeness (QED) is 0.612. The van der Waals surface area contributed by atoms with Crippen molar-refractivity contribution in [3.8, 4) is 0 Å². The smallest absolute Gasteiger partial charge is 0.264 e. The first-order valence-corrected chi connectivity index (χ1v) is 9.71. The fourth-order valence-corrected chi connectivity index (χ4v) is 4.01. The Bertz CT molecular complexity index is 1010. The van der Waals surface area contributed by atoms with Crippen molar-refractivity contribution in [2.45, 2.75) is 37.3 Å². The van der Waals surface area contributed by atoms with Gasteiger partial charge in [-0.3, -0.25) is 0 Å². The molecule has 0 spiro atoms. The monoisotopic (exact) mass is 435 g/mol. The number of fused-ring (bicyclic) bond motifs is 1. The predicted octanol–water partition coefficient (Wildman–Crippen LogP) is 4.26. The summed E-state index contributed by atoms with van der Waals surface area (Å²) >= 11 is 3.42. The molecule has 1 saturated carbocycles. The van der Waals surface area contributed by atoms with Gasteiger partial charge in [0.25, 0.3) is 5.89 Å². The second-order valence-corrected chi connectivity index (χ2v) is 7.99. The van der Waals surface area contributed by atoms with Gasteiger partial charge < -0.3 is 9.42 Å². The van der Waals surface area contributed by atoms with Crippen LogP contribution in [0.1, 0.15) is 43.3 Å². The molecule has 6 nitrogen and oxygen atoms in total. The van der Waals surface area contributed by atoms with E-state index in [2.05, 4.69) is 40.9 Å². The molecule has 3 aromatic rings. The fourth-order valence-electron chi connectivity index (χ4n) is 3.58. The molecule has 140 valence electrons. The number of hydrogen-bond acceptors (Lipinski definition) is 6. The summed E-state index contributed by atoms with van der Waals surface area (Å²) in [5, 5.41) is 4.40. The lowest BCUT2D eigenvalue weighted by Crippen LogP contribution is -2.34. The Hall–Kier alpha value is -2.16. The van der Waals surface area contributed by atoms with Crippen LogP contribution in [0.5, 0.6) is 0 Å². The first kappa shape index (κ1) is 17.0. The van der Waals surface area contributed by atoms with Gasteiger partial charge in [0.15, 0.2) is 11.5 Å². The maximum Gasteiger partial charge on any atom is 0.264 e. The van der Waals surface area contributed by atoms with Gasteiger partial charge in [-0.2, -0.15) is 4.98 Å². The molecule has 3 heterocycles. The molecule has 27 heavy (non-hydrogen) atoms. The van der Waals surface area contributed by atoms with E-state index in [1.807, 2.05) is 0 Å². The molecule has 2 aromatic heterocycles. The van der Waals surface area contributed by atoms with E-state index in [4.69, 9.17) is 4.52 Å². The number of nitrogens with zero attached hydrogens (tertiary/aromatic N) is 5. The number of aromatic nitrogens is 4. The number of rotatable bonds is 3. The van der Waals surface area contributed by atoms with Crippen molar-refractivity contribution in [3.05, 3.63) is 40.5 Å². The Morgan fingerprint density at radius 3 is 2.70 bits per heavy atom. The van der Waals surface area contributed by atoms with E-state index in [9.17, 15) is 8.78 Å². The minimum Gasteiger partial charge on any atom is -0.356 e. The van der Waals surface area contributed by atoms with Crippen LogP contribution in [0.25, 0.3) is 10.9 Å². The summed E-state index contributed by atoms with van der Waals surface area (Å²) in [5.41, 5.74) is -0.848. The molecule has 0 amide bonds. The second kappa shape index (κ2) is 6.19. The molecule has 1 aliphatic carbocycles. The van der Waals surface area contributed by atoms with Crippen molar-refractivity contribution in [1.82, 2.24) is 20.1 Å². The summed E-state index contributed by atoms with van der Waals surface area (Å²) in [6.45, 7) is 1.35. The van der Waals surface area contributed by atoms with Crippen LogP contribution in [0.4, 0.5) is 14.6 Å². The van der Waals surface area contributed by atoms with E-state index in [1.165, 1.54) is 12.4 Å². The van der Waals surface area contributed by atoms with E-state index in [0.29, 0.717) is 48.5 Å². The molecule has 0 radical (unpaired) electrons. The normalized spacial score (nSPS) is 19.6. The van der Waals surface area contributed by atoms with Crippen LogP contribution in [0.2, 0.25) is 0 Å². The SMILES string of the molecule is Fc1ccc(Br)c2ncnc(N3CCC(c4noc(C5(F)CC5)n4)CC3)c12. The van der Waals surface area contributed by atoms with Crippen molar-refractivity contribution < 1.29 is 13.3 Å². The summed E-state index contributed by atoms with van der Waals surface area (Å²) < 4.78 is 34.4. The van der Waals surface area contributed by atoms with Crippen molar-refractivity contribution in [2.24, 2.45) is 0 Å². The van der Waals surface area contributed by atoms with E-state index in [-0.39, 0.29) is 17.6 Å². The topological polar surface area (TPSA) is 67.9 Å². The van der Waals surface area contributed by atoms with Crippen LogP contribution < -0.4 is 4.90 Å². The molecular formula is C18H16BrF2N5O. The van der Waals surface area contributed by atoms with Gasteiger partial charge in [0.2, 0.25) is 0 Å². The number of halogens is 3.